The summed E-state index contributed by atoms with van der Waals surface area (Å²) in [5.41, 5.74) is 11.5. The maximum absolute atomic E-state index is 13.8. The number of benzene rings is 2. The summed E-state index contributed by atoms with van der Waals surface area (Å²) in [4.78, 5) is 21.2. The minimum Gasteiger partial charge on any atom is -0.380 e. The molecule has 0 spiro atoms. The van der Waals surface area contributed by atoms with Crippen LogP contribution >= 0.6 is 0 Å². The van der Waals surface area contributed by atoms with Gasteiger partial charge in [0.2, 0.25) is 0 Å². The summed E-state index contributed by atoms with van der Waals surface area (Å²) < 4.78 is 15.7. The standard InChI is InChI=1S/C24H21FN6O/c25-19-5-3-4-18(14-19)22(29-30-24(26)21-6-1-2-11-28-21)15-23(32)17-7-9-20(10-8-17)31-13-12-27-16-31/h1-14,16,22,29H,15H2,(H2,26,30). The van der Waals surface area contributed by atoms with Crippen molar-refractivity contribution in [2.75, 3.05) is 0 Å². The van der Waals surface area contributed by atoms with Crippen LogP contribution in [0.15, 0.2) is 96.7 Å². The predicted octanol–water partition coefficient (Wildman–Crippen LogP) is 3.63. The van der Waals surface area contributed by atoms with Gasteiger partial charge in [-0.2, -0.15) is 5.10 Å². The van der Waals surface area contributed by atoms with Gasteiger partial charge in [0, 0.05) is 36.3 Å². The van der Waals surface area contributed by atoms with Crippen molar-refractivity contribution in [1.29, 1.82) is 0 Å². The molecule has 1 atom stereocenters. The number of nitrogens with zero attached hydrogens (tertiary/aromatic N) is 4. The van der Waals surface area contributed by atoms with Gasteiger partial charge < -0.3 is 15.7 Å². The van der Waals surface area contributed by atoms with Crippen LogP contribution in [-0.4, -0.2) is 26.2 Å². The molecule has 0 saturated carbocycles. The number of ketones is 1. The van der Waals surface area contributed by atoms with E-state index in [0.717, 1.165) is 5.69 Å². The Hall–Kier alpha value is -4.33. The number of rotatable bonds is 8. The molecule has 1 unspecified atom stereocenters. The van der Waals surface area contributed by atoms with E-state index in [0.29, 0.717) is 16.8 Å². The van der Waals surface area contributed by atoms with E-state index in [1.165, 1.54) is 12.1 Å². The Bertz CT molecular complexity index is 1210. The van der Waals surface area contributed by atoms with Crippen LogP contribution < -0.4 is 11.2 Å². The molecule has 4 aromatic rings. The number of halogens is 1. The Kier molecular flexibility index (Phi) is 6.31. The summed E-state index contributed by atoms with van der Waals surface area (Å²) in [6, 6.07) is 18.0. The molecule has 0 aliphatic heterocycles. The van der Waals surface area contributed by atoms with Gasteiger partial charge in [-0.25, -0.2) is 9.37 Å². The average Bonchev–Trinajstić information content (AvgIpc) is 3.37. The number of pyridine rings is 1. The number of carbonyl (C=O) groups is 1. The monoisotopic (exact) mass is 428 g/mol. The highest BCUT2D eigenvalue weighted by Crippen LogP contribution is 2.21. The predicted molar refractivity (Wildman–Crippen MR) is 120 cm³/mol. The highest BCUT2D eigenvalue weighted by Gasteiger charge is 2.18. The van der Waals surface area contributed by atoms with E-state index in [1.807, 2.05) is 22.9 Å². The normalized spacial score (nSPS) is 12.3. The number of imidazole rings is 1. The number of hydrogen-bond donors (Lipinski definition) is 2. The van der Waals surface area contributed by atoms with Gasteiger partial charge in [-0.3, -0.25) is 9.78 Å². The zero-order valence-electron chi connectivity index (χ0n) is 17.1. The van der Waals surface area contributed by atoms with Crippen LogP contribution in [0.3, 0.4) is 0 Å². The summed E-state index contributed by atoms with van der Waals surface area (Å²) in [6.07, 6.45) is 6.87. The maximum atomic E-state index is 13.8. The van der Waals surface area contributed by atoms with E-state index in [9.17, 15) is 9.18 Å². The van der Waals surface area contributed by atoms with E-state index < -0.39 is 11.9 Å². The highest BCUT2D eigenvalue weighted by molar-refractivity contribution is 5.97. The molecule has 2 heterocycles. The second-order valence-electron chi connectivity index (χ2n) is 7.09. The Morgan fingerprint density at radius 2 is 1.94 bits per heavy atom. The molecule has 32 heavy (non-hydrogen) atoms. The van der Waals surface area contributed by atoms with E-state index in [4.69, 9.17) is 5.73 Å². The summed E-state index contributed by atoms with van der Waals surface area (Å²) in [5, 5.41) is 4.19. The number of carbonyl (C=O) groups excluding carboxylic acids is 1. The van der Waals surface area contributed by atoms with E-state index >= 15 is 0 Å². The fourth-order valence-corrected chi connectivity index (χ4v) is 3.21. The van der Waals surface area contributed by atoms with Gasteiger partial charge in [0.05, 0.1) is 12.4 Å². The van der Waals surface area contributed by atoms with Crippen molar-refractivity contribution in [3.63, 3.8) is 0 Å². The fourth-order valence-electron chi connectivity index (χ4n) is 3.21. The molecule has 8 heteroatoms. The lowest BCUT2D eigenvalue weighted by Crippen LogP contribution is -2.25. The third kappa shape index (κ3) is 5.04. The molecule has 0 radical (unpaired) electrons. The van der Waals surface area contributed by atoms with Gasteiger partial charge >= 0.3 is 0 Å². The molecule has 160 valence electrons. The smallest absolute Gasteiger partial charge is 0.169 e. The van der Waals surface area contributed by atoms with Gasteiger partial charge in [0.1, 0.15) is 11.5 Å². The summed E-state index contributed by atoms with van der Waals surface area (Å²) in [6.45, 7) is 0. The van der Waals surface area contributed by atoms with Gasteiger partial charge in [0.25, 0.3) is 0 Å². The molecule has 0 aliphatic carbocycles. The van der Waals surface area contributed by atoms with Crippen LogP contribution in [0.2, 0.25) is 0 Å². The second-order valence-corrected chi connectivity index (χ2v) is 7.09. The zero-order chi connectivity index (χ0) is 22.3. The van der Waals surface area contributed by atoms with Crippen molar-refractivity contribution in [2.24, 2.45) is 10.8 Å². The number of aromatic nitrogens is 3. The summed E-state index contributed by atoms with van der Waals surface area (Å²) in [7, 11) is 0. The maximum Gasteiger partial charge on any atom is 0.169 e. The van der Waals surface area contributed by atoms with Crippen molar-refractivity contribution >= 4 is 11.6 Å². The highest BCUT2D eigenvalue weighted by atomic mass is 19.1. The summed E-state index contributed by atoms with van der Waals surface area (Å²) in [5.74, 6) is -0.340. The Labute approximate surface area is 184 Å². The molecule has 7 nitrogen and oxygen atoms in total. The lowest BCUT2D eigenvalue weighted by Gasteiger charge is -2.17. The number of nitrogens with two attached hydrogens (primary N) is 1. The van der Waals surface area contributed by atoms with Crippen molar-refractivity contribution in [1.82, 2.24) is 20.0 Å². The Morgan fingerprint density at radius 3 is 2.62 bits per heavy atom. The van der Waals surface area contributed by atoms with Crippen molar-refractivity contribution in [3.05, 3.63) is 114 Å². The van der Waals surface area contributed by atoms with Gasteiger partial charge in [-0.1, -0.05) is 18.2 Å². The zero-order valence-corrected chi connectivity index (χ0v) is 17.1. The van der Waals surface area contributed by atoms with E-state index in [2.05, 4.69) is 20.5 Å². The van der Waals surface area contributed by atoms with Crippen LogP contribution in [-0.2, 0) is 0 Å². The first-order valence-electron chi connectivity index (χ1n) is 9.97. The van der Waals surface area contributed by atoms with Crippen molar-refractivity contribution < 1.29 is 9.18 Å². The van der Waals surface area contributed by atoms with Gasteiger partial charge in [-0.15, -0.1) is 0 Å². The SMILES string of the molecule is N/C(=N/NC(CC(=O)c1ccc(-n2ccnc2)cc1)c1cccc(F)c1)c1ccccn1. The molecule has 0 aliphatic rings. The topological polar surface area (TPSA) is 98.2 Å². The molecular formula is C24H21FN6O. The average molecular weight is 428 g/mol. The van der Waals surface area contributed by atoms with Crippen molar-refractivity contribution in [3.8, 4) is 5.69 Å². The largest absolute Gasteiger partial charge is 0.380 e. The van der Waals surface area contributed by atoms with Crippen LogP contribution in [0.4, 0.5) is 4.39 Å². The third-order valence-electron chi connectivity index (χ3n) is 4.90. The third-order valence-corrected chi connectivity index (χ3v) is 4.90. The molecule has 4 rings (SSSR count). The number of Topliss-reactive ketones (excluding diaryl/α,β-unsaturated/α-hetero) is 1. The molecule has 3 N–H and O–H groups in total. The molecule has 0 fully saturated rings. The number of amidine groups is 1. The van der Waals surface area contributed by atoms with Crippen LogP contribution in [0, 0.1) is 5.82 Å². The first-order valence-corrected chi connectivity index (χ1v) is 9.97. The molecule has 0 bridgehead atoms. The molecule has 2 aromatic carbocycles. The van der Waals surface area contributed by atoms with E-state index in [-0.39, 0.29) is 18.0 Å². The minimum absolute atomic E-state index is 0.0624. The first-order chi connectivity index (χ1) is 15.6. The number of hydrogen-bond acceptors (Lipinski definition) is 5. The number of hydrazone groups is 1. The quantitative estimate of drug-likeness (QED) is 0.193. The fraction of sp³-hybridized carbons (Fsp3) is 0.0833. The van der Waals surface area contributed by atoms with Crippen molar-refractivity contribution in [2.45, 2.75) is 12.5 Å². The second kappa shape index (κ2) is 9.65. The lowest BCUT2D eigenvalue weighted by atomic mass is 9.98. The number of nitrogens with one attached hydrogen (secondary N) is 1. The van der Waals surface area contributed by atoms with Crippen LogP contribution in [0.5, 0.6) is 0 Å². The minimum atomic E-state index is -0.575. The van der Waals surface area contributed by atoms with Crippen LogP contribution in [0.1, 0.15) is 34.1 Å². The van der Waals surface area contributed by atoms with Gasteiger partial charge in [0.15, 0.2) is 11.6 Å². The molecule has 2 aromatic heterocycles. The molecule has 0 amide bonds. The summed E-state index contributed by atoms with van der Waals surface area (Å²) >= 11 is 0. The lowest BCUT2D eigenvalue weighted by molar-refractivity contribution is 0.0968. The Balaban J connectivity index is 1.54. The molecular weight excluding hydrogens is 407 g/mol. The Morgan fingerprint density at radius 1 is 1.09 bits per heavy atom. The molecule has 0 saturated heterocycles. The van der Waals surface area contributed by atoms with Gasteiger partial charge in [-0.05, 0) is 54.1 Å². The van der Waals surface area contributed by atoms with Crippen LogP contribution in [0.25, 0.3) is 5.69 Å². The van der Waals surface area contributed by atoms with E-state index in [1.54, 1.807) is 61.2 Å². The first kappa shape index (κ1) is 20.9.